The van der Waals surface area contributed by atoms with Crippen LogP contribution in [0.15, 0.2) is 0 Å². The minimum absolute atomic E-state index is 0.892. The molecule has 0 radical (unpaired) electrons. The van der Waals surface area contributed by atoms with Gasteiger partial charge in [-0.15, -0.1) is 0 Å². The molecule has 0 bridgehead atoms. The number of fused-ring (bicyclic) bond motifs is 1. The maximum absolute atomic E-state index is 5.29. The minimum atomic E-state index is 0.892. The van der Waals surface area contributed by atoms with Crippen molar-refractivity contribution in [1.29, 1.82) is 0 Å². The SMILES string of the molecule is CC(C)C1C2COC[C@@H]21. The van der Waals surface area contributed by atoms with Crippen molar-refractivity contribution in [3.05, 3.63) is 0 Å². The summed E-state index contributed by atoms with van der Waals surface area (Å²) in [6.45, 7) is 6.74. The average molecular weight is 126 g/mol. The summed E-state index contributed by atoms with van der Waals surface area (Å²) >= 11 is 0. The summed E-state index contributed by atoms with van der Waals surface area (Å²) in [5.74, 6) is 3.80. The van der Waals surface area contributed by atoms with E-state index >= 15 is 0 Å². The third kappa shape index (κ3) is 0.710. The second kappa shape index (κ2) is 1.72. The van der Waals surface area contributed by atoms with Gasteiger partial charge < -0.3 is 4.74 Å². The van der Waals surface area contributed by atoms with Gasteiger partial charge in [0.25, 0.3) is 0 Å². The topological polar surface area (TPSA) is 9.23 Å². The molecule has 52 valence electrons. The lowest BCUT2D eigenvalue weighted by Gasteiger charge is -2.05. The molecular formula is C8H14O. The van der Waals surface area contributed by atoms with E-state index in [4.69, 9.17) is 4.74 Å². The lowest BCUT2D eigenvalue weighted by molar-refractivity contribution is 0.143. The molecule has 0 aromatic carbocycles. The van der Waals surface area contributed by atoms with Gasteiger partial charge in [-0.3, -0.25) is 0 Å². The van der Waals surface area contributed by atoms with Crippen LogP contribution in [-0.2, 0) is 4.74 Å². The molecule has 2 aliphatic rings. The predicted octanol–water partition coefficient (Wildman–Crippen LogP) is 1.53. The largest absolute Gasteiger partial charge is 0.381 e. The molecule has 0 N–H and O–H groups in total. The first-order valence-electron chi connectivity index (χ1n) is 3.88. The first kappa shape index (κ1) is 5.72. The third-order valence-electron chi connectivity index (χ3n) is 2.79. The molecule has 0 amide bonds. The van der Waals surface area contributed by atoms with Crippen molar-refractivity contribution in [2.45, 2.75) is 13.8 Å². The van der Waals surface area contributed by atoms with Gasteiger partial charge in [0.2, 0.25) is 0 Å². The van der Waals surface area contributed by atoms with Crippen molar-refractivity contribution in [1.82, 2.24) is 0 Å². The van der Waals surface area contributed by atoms with Gasteiger partial charge in [0.15, 0.2) is 0 Å². The molecule has 1 heteroatoms. The van der Waals surface area contributed by atoms with Crippen LogP contribution in [0.3, 0.4) is 0 Å². The lowest BCUT2D eigenvalue weighted by Crippen LogP contribution is -2.03. The molecule has 1 aliphatic carbocycles. The Labute approximate surface area is 56.4 Å². The standard InChI is InChI=1S/C8H14O/c1-5(2)8-6-3-9-4-7(6)8/h5-8H,3-4H2,1-2H3/t6-,7?,8?/m0/s1. The van der Waals surface area contributed by atoms with Crippen molar-refractivity contribution in [2.75, 3.05) is 13.2 Å². The van der Waals surface area contributed by atoms with Crippen LogP contribution < -0.4 is 0 Å². The van der Waals surface area contributed by atoms with E-state index in [1.54, 1.807) is 0 Å². The normalized spacial score (nSPS) is 47.7. The molecule has 0 aromatic heterocycles. The summed E-state index contributed by atoms with van der Waals surface area (Å²) in [6, 6.07) is 0. The number of hydrogen-bond acceptors (Lipinski definition) is 1. The predicted molar refractivity (Wildman–Crippen MR) is 36.1 cm³/mol. The van der Waals surface area contributed by atoms with Gasteiger partial charge in [-0.25, -0.2) is 0 Å². The Bertz CT molecular complexity index is 110. The van der Waals surface area contributed by atoms with Crippen LogP contribution in [0.25, 0.3) is 0 Å². The second-order valence-corrected chi connectivity index (χ2v) is 3.69. The van der Waals surface area contributed by atoms with Crippen LogP contribution >= 0.6 is 0 Å². The summed E-state index contributed by atoms with van der Waals surface area (Å²) in [5.41, 5.74) is 0. The molecule has 9 heavy (non-hydrogen) atoms. The van der Waals surface area contributed by atoms with Crippen molar-refractivity contribution < 1.29 is 4.74 Å². The van der Waals surface area contributed by atoms with Gasteiger partial charge in [0, 0.05) is 0 Å². The highest BCUT2D eigenvalue weighted by Gasteiger charge is 2.54. The Morgan fingerprint density at radius 3 is 2.11 bits per heavy atom. The first-order chi connectivity index (χ1) is 4.30. The Balaban J connectivity index is 1.94. The molecular weight excluding hydrogens is 112 g/mol. The summed E-state index contributed by atoms with van der Waals surface area (Å²) in [7, 11) is 0. The maximum Gasteiger partial charge on any atom is 0.0500 e. The molecule has 1 aliphatic heterocycles. The molecule has 0 aromatic rings. The summed E-state index contributed by atoms with van der Waals surface area (Å²) < 4.78 is 5.29. The summed E-state index contributed by atoms with van der Waals surface area (Å²) in [5, 5.41) is 0. The zero-order valence-corrected chi connectivity index (χ0v) is 6.13. The van der Waals surface area contributed by atoms with E-state index in [0.29, 0.717) is 0 Å². The van der Waals surface area contributed by atoms with Gasteiger partial charge in [-0.1, -0.05) is 13.8 Å². The fraction of sp³-hybridized carbons (Fsp3) is 1.00. The fourth-order valence-electron chi connectivity index (χ4n) is 2.27. The van der Waals surface area contributed by atoms with Crippen molar-refractivity contribution >= 4 is 0 Å². The van der Waals surface area contributed by atoms with Crippen LogP contribution in [0.1, 0.15) is 13.8 Å². The second-order valence-electron chi connectivity index (χ2n) is 3.69. The Hall–Kier alpha value is -0.0400. The Kier molecular flexibility index (Phi) is 1.10. The number of ether oxygens (including phenoxy) is 1. The molecule has 1 saturated carbocycles. The molecule has 2 unspecified atom stereocenters. The monoisotopic (exact) mass is 126 g/mol. The van der Waals surface area contributed by atoms with Gasteiger partial charge in [-0.05, 0) is 23.7 Å². The van der Waals surface area contributed by atoms with Crippen LogP contribution in [0.5, 0.6) is 0 Å². The zero-order chi connectivity index (χ0) is 6.43. The van der Waals surface area contributed by atoms with Crippen LogP contribution in [-0.4, -0.2) is 13.2 Å². The van der Waals surface area contributed by atoms with Crippen LogP contribution in [0, 0.1) is 23.7 Å². The van der Waals surface area contributed by atoms with E-state index in [-0.39, 0.29) is 0 Å². The quantitative estimate of drug-likeness (QED) is 0.517. The molecule has 2 fully saturated rings. The lowest BCUT2D eigenvalue weighted by atomic mass is 10.1. The van der Waals surface area contributed by atoms with E-state index in [9.17, 15) is 0 Å². The highest BCUT2D eigenvalue weighted by atomic mass is 16.5. The average Bonchev–Trinajstić information content (AvgIpc) is 2.30. The molecule has 0 spiro atoms. The van der Waals surface area contributed by atoms with Gasteiger partial charge in [0.1, 0.15) is 0 Å². The first-order valence-corrected chi connectivity index (χ1v) is 3.88. The van der Waals surface area contributed by atoms with E-state index < -0.39 is 0 Å². The van der Waals surface area contributed by atoms with Gasteiger partial charge in [-0.2, -0.15) is 0 Å². The fourth-order valence-corrected chi connectivity index (χ4v) is 2.27. The Morgan fingerprint density at radius 1 is 1.22 bits per heavy atom. The molecule has 1 heterocycles. The van der Waals surface area contributed by atoms with Gasteiger partial charge >= 0.3 is 0 Å². The van der Waals surface area contributed by atoms with Crippen LogP contribution in [0.4, 0.5) is 0 Å². The molecule has 3 atom stereocenters. The maximum atomic E-state index is 5.29. The smallest absolute Gasteiger partial charge is 0.0500 e. The van der Waals surface area contributed by atoms with E-state index in [1.165, 1.54) is 0 Å². The highest BCUT2D eigenvalue weighted by Crippen LogP contribution is 2.54. The Morgan fingerprint density at radius 2 is 1.78 bits per heavy atom. The summed E-state index contributed by atoms with van der Waals surface area (Å²) in [4.78, 5) is 0. The van der Waals surface area contributed by atoms with Crippen LogP contribution in [0.2, 0.25) is 0 Å². The van der Waals surface area contributed by atoms with E-state index in [1.807, 2.05) is 0 Å². The van der Waals surface area contributed by atoms with Crippen molar-refractivity contribution in [2.24, 2.45) is 23.7 Å². The van der Waals surface area contributed by atoms with Crippen molar-refractivity contribution in [3.63, 3.8) is 0 Å². The van der Waals surface area contributed by atoms with Gasteiger partial charge in [0.05, 0.1) is 13.2 Å². The van der Waals surface area contributed by atoms with E-state index in [2.05, 4.69) is 13.8 Å². The van der Waals surface area contributed by atoms with Crippen molar-refractivity contribution in [3.8, 4) is 0 Å². The number of rotatable bonds is 1. The highest BCUT2D eigenvalue weighted by molar-refractivity contribution is 5.01. The van der Waals surface area contributed by atoms with E-state index in [0.717, 1.165) is 36.9 Å². The number of hydrogen-bond donors (Lipinski definition) is 0. The molecule has 1 nitrogen and oxygen atoms in total. The molecule has 1 saturated heterocycles. The zero-order valence-electron chi connectivity index (χ0n) is 6.13. The third-order valence-corrected chi connectivity index (χ3v) is 2.79. The summed E-state index contributed by atoms with van der Waals surface area (Å²) in [6.07, 6.45) is 0. The molecule has 2 rings (SSSR count). The minimum Gasteiger partial charge on any atom is -0.381 e.